The van der Waals surface area contributed by atoms with Gasteiger partial charge in [-0.1, -0.05) is 12.1 Å². The lowest BCUT2D eigenvalue weighted by atomic mass is 10.0. The van der Waals surface area contributed by atoms with Crippen molar-refractivity contribution in [2.45, 2.75) is 31.9 Å². The van der Waals surface area contributed by atoms with E-state index < -0.39 is 6.10 Å². The maximum Gasteiger partial charge on any atom is 0.229 e. The van der Waals surface area contributed by atoms with Gasteiger partial charge < -0.3 is 10.0 Å². The molecule has 5 nitrogen and oxygen atoms in total. The number of aromatic nitrogens is 2. The van der Waals surface area contributed by atoms with Crippen molar-refractivity contribution in [2.24, 2.45) is 0 Å². The van der Waals surface area contributed by atoms with Crippen molar-refractivity contribution in [3.63, 3.8) is 0 Å². The second-order valence-electron chi connectivity index (χ2n) is 5.72. The molecule has 3 rings (SSSR count). The van der Waals surface area contributed by atoms with E-state index in [1.807, 2.05) is 13.0 Å². The van der Waals surface area contributed by atoms with Gasteiger partial charge in [0.05, 0.1) is 24.3 Å². The molecule has 0 bridgehead atoms. The van der Waals surface area contributed by atoms with Crippen LogP contribution in [0.4, 0.5) is 4.39 Å². The highest BCUT2D eigenvalue weighted by molar-refractivity contribution is 5.79. The molecule has 1 aliphatic heterocycles. The summed E-state index contributed by atoms with van der Waals surface area (Å²) in [6.45, 7) is 2.17. The van der Waals surface area contributed by atoms with Crippen molar-refractivity contribution in [2.75, 3.05) is 6.54 Å². The molecular weight excluding hydrogens is 285 g/mol. The van der Waals surface area contributed by atoms with E-state index in [1.54, 1.807) is 17.0 Å². The number of H-pyrrole nitrogens is 1. The Labute approximate surface area is 127 Å². The number of rotatable bonds is 3. The fraction of sp³-hybridized carbons (Fsp3) is 0.375. The number of benzene rings is 1. The van der Waals surface area contributed by atoms with Crippen LogP contribution < -0.4 is 0 Å². The predicted octanol–water partition coefficient (Wildman–Crippen LogP) is 1.73. The summed E-state index contributed by atoms with van der Waals surface area (Å²) >= 11 is 0. The van der Waals surface area contributed by atoms with E-state index in [0.717, 1.165) is 11.3 Å². The Morgan fingerprint density at radius 1 is 1.45 bits per heavy atom. The van der Waals surface area contributed by atoms with Crippen LogP contribution in [0.1, 0.15) is 29.4 Å². The third-order valence-electron chi connectivity index (χ3n) is 3.95. The monoisotopic (exact) mass is 303 g/mol. The zero-order valence-electron chi connectivity index (χ0n) is 12.3. The minimum absolute atomic E-state index is 0.0858. The molecule has 1 saturated heterocycles. The molecule has 0 saturated carbocycles. The average Bonchev–Trinajstić information content (AvgIpc) is 3.06. The van der Waals surface area contributed by atoms with E-state index in [9.17, 15) is 14.3 Å². The molecule has 1 aromatic heterocycles. The maximum absolute atomic E-state index is 13.1. The number of nitrogens with zero attached hydrogens (tertiary/aromatic N) is 2. The molecule has 2 aromatic rings. The Morgan fingerprint density at radius 2 is 2.18 bits per heavy atom. The van der Waals surface area contributed by atoms with Crippen LogP contribution in [0.3, 0.4) is 0 Å². The van der Waals surface area contributed by atoms with Crippen molar-refractivity contribution in [1.82, 2.24) is 15.1 Å². The lowest BCUT2D eigenvalue weighted by molar-refractivity contribution is -0.131. The Balaban J connectivity index is 1.78. The summed E-state index contributed by atoms with van der Waals surface area (Å²) in [5, 5.41) is 16.8. The van der Waals surface area contributed by atoms with Crippen molar-refractivity contribution in [1.29, 1.82) is 0 Å². The third-order valence-corrected chi connectivity index (χ3v) is 3.95. The number of halogens is 1. The number of amides is 1. The first-order chi connectivity index (χ1) is 10.5. The van der Waals surface area contributed by atoms with Gasteiger partial charge in [0.2, 0.25) is 5.91 Å². The van der Waals surface area contributed by atoms with Gasteiger partial charge >= 0.3 is 0 Å². The number of aliphatic hydroxyl groups excluding tert-OH is 1. The van der Waals surface area contributed by atoms with Gasteiger partial charge in [-0.2, -0.15) is 5.10 Å². The highest BCUT2D eigenvalue weighted by Gasteiger charge is 2.35. The maximum atomic E-state index is 13.1. The fourth-order valence-corrected chi connectivity index (χ4v) is 2.91. The molecule has 1 fully saturated rings. The molecule has 0 aliphatic carbocycles. The van der Waals surface area contributed by atoms with Gasteiger partial charge in [0.1, 0.15) is 5.82 Å². The van der Waals surface area contributed by atoms with Gasteiger partial charge in [-0.25, -0.2) is 4.39 Å². The minimum Gasteiger partial charge on any atom is -0.391 e. The van der Waals surface area contributed by atoms with E-state index in [2.05, 4.69) is 10.2 Å². The van der Waals surface area contributed by atoms with E-state index >= 15 is 0 Å². The molecule has 116 valence electrons. The number of carbonyl (C=O) groups is 1. The van der Waals surface area contributed by atoms with Crippen LogP contribution in [0.2, 0.25) is 0 Å². The smallest absolute Gasteiger partial charge is 0.229 e. The van der Waals surface area contributed by atoms with Gasteiger partial charge in [0.25, 0.3) is 0 Å². The number of hydrogen-bond acceptors (Lipinski definition) is 3. The summed E-state index contributed by atoms with van der Waals surface area (Å²) in [5.41, 5.74) is 2.42. The lowest BCUT2D eigenvalue weighted by Crippen LogP contribution is -2.33. The van der Waals surface area contributed by atoms with Crippen LogP contribution in [0.25, 0.3) is 0 Å². The average molecular weight is 303 g/mol. The quantitative estimate of drug-likeness (QED) is 0.907. The third kappa shape index (κ3) is 3.01. The standard InChI is InChI=1S/C16H18FN3O2/c1-10-6-13(19-18-10)7-16(22)20-9-14(21)8-15(20)11-2-4-12(17)5-3-11/h2-6,14-15,21H,7-9H2,1H3,(H,18,19)/t14-,15+/m0/s1. The van der Waals surface area contributed by atoms with Gasteiger partial charge in [-0.3, -0.25) is 9.89 Å². The van der Waals surface area contributed by atoms with Gasteiger partial charge in [-0.05, 0) is 37.1 Å². The van der Waals surface area contributed by atoms with Gasteiger partial charge in [-0.15, -0.1) is 0 Å². The Kier molecular flexibility index (Phi) is 3.94. The number of aromatic amines is 1. The number of β-amino-alcohol motifs (C(OH)–C–C–N with tert-alkyl or cyclic N) is 1. The molecule has 22 heavy (non-hydrogen) atoms. The van der Waals surface area contributed by atoms with Gasteiger partial charge in [0.15, 0.2) is 0 Å². The number of carbonyl (C=O) groups excluding carboxylic acids is 1. The molecule has 6 heteroatoms. The molecule has 1 amide bonds. The van der Waals surface area contributed by atoms with Crippen LogP contribution >= 0.6 is 0 Å². The van der Waals surface area contributed by atoms with E-state index in [4.69, 9.17) is 0 Å². The van der Waals surface area contributed by atoms with Crippen LogP contribution in [0.5, 0.6) is 0 Å². The molecule has 1 aromatic carbocycles. The predicted molar refractivity (Wildman–Crippen MR) is 78.5 cm³/mol. The topological polar surface area (TPSA) is 69.2 Å². The van der Waals surface area contributed by atoms with E-state index in [1.165, 1.54) is 12.1 Å². The number of hydrogen-bond donors (Lipinski definition) is 2. The first kappa shape index (κ1) is 14.7. The van der Waals surface area contributed by atoms with Crippen LogP contribution in [0, 0.1) is 12.7 Å². The highest BCUT2D eigenvalue weighted by atomic mass is 19.1. The van der Waals surface area contributed by atoms with E-state index in [-0.39, 0.29) is 24.2 Å². The van der Waals surface area contributed by atoms with Crippen molar-refractivity contribution < 1.29 is 14.3 Å². The summed E-state index contributed by atoms with van der Waals surface area (Å²) in [5.74, 6) is -0.399. The van der Waals surface area contributed by atoms with Gasteiger partial charge in [0, 0.05) is 12.2 Å². The molecule has 0 radical (unpaired) electrons. The summed E-state index contributed by atoms with van der Waals surface area (Å²) in [7, 11) is 0. The molecule has 1 aliphatic rings. The van der Waals surface area contributed by atoms with Crippen molar-refractivity contribution in [3.05, 3.63) is 53.1 Å². The lowest BCUT2D eigenvalue weighted by Gasteiger charge is -2.24. The first-order valence-corrected chi connectivity index (χ1v) is 7.27. The molecular formula is C16H18FN3O2. The normalized spacial score (nSPS) is 21.3. The van der Waals surface area contributed by atoms with Crippen molar-refractivity contribution in [3.8, 4) is 0 Å². The summed E-state index contributed by atoms with van der Waals surface area (Å²) in [4.78, 5) is 14.2. The Morgan fingerprint density at radius 3 is 2.82 bits per heavy atom. The zero-order chi connectivity index (χ0) is 15.7. The zero-order valence-corrected chi connectivity index (χ0v) is 12.3. The molecule has 2 heterocycles. The minimum atomic E-state index is -0.556. The number of aryl methyl sites for hydroxylation is 1. The largest absolute Gasteiger partial charge is 0.391 e. The van der Waals surface area contributed by atoms with Crippen LogP contribution in [-0.4, -0.2) is 38.8 Å². The Hall–Kier alpha value is -2.21. The fourth-order valence-electron chi connectivity index (χ4n) is 2.91. The van der Waals surface area contributed by atoms with Crippen LogP contribution in [-0.2, 0) is 11.2 Å². The Bertz CT molecular complexity index is 668. The number of nitrogens with one attached hydrogen (secondary N) is 1. The second kappa shape index (κ2) is 5.88. The summed E-state index contributed by atoms with van der Waals surface area (Å²) in [6, 6.07) is 7.69. The summed E-state index contributed by atoms with van der Waals surface area (Å²) < 4.78 is 13.1. The number of aliphatic hydroxyl groups is 1. The summed E-state index contributed by atoms with van der Waals surface area (Å²) in [6.07, 6.45) is 0.103. The molecule has 0 unspecified atom stereocenters. The molecule has 2 atom stereocenters. The highest BCUT2D eigenvalue weighted by Crippen LogP contribution is 2.32. The molecule has 2 N–H and O–H groups in total. The number of likely N-dealkylation sites (tertiary alicyclic amines) is 1. The van der Waals surface area contributed by atoms with Crippen molar-refractivity contribution >= 4 is 5.91 Å². The first-order valence-electron chi connectivity index (χ1n) is 7.27. The SMILES string of the molecule is Cc1cc(CC(=O)N2C[C@@H](O)C[C@@H]2c2ccc(F)cc2)n[nH]1. The second-order valence-corrected chi connectivity index (χ2v) is 5.72. The molecule has 0 spiro atoms. The van der Waals surface area contributed by atoms with Crippen LogP contribution in [0.15, 0.2) is 30.3 Å². The van der Waals surface area contributed by atoms with E-state index in [0.29, 0.717) is 18.7 Å².